The quantitative estimate of drug-likeness (QED) is 0.302. The van der Waals surface area contributed by atoms with Gasteiger partial charge in [-0.25, -0.2) is 0 Å². The van der Waals surface area contributed by atoms with Crippen LogP contribution in [0.15, 0.2) is 0 Å². The molecule has 0 amide bonds. The summed E-state index contributed by atoms with van der Waals surface area (Å²) in [5.74, 6) is 8.81. The highest BCUT2D eigenvalue weighted by Gasteiger charge is 2.32. The summed E-state index contributed by atoms with van der Waals surface area (Å²) >= 11 is 0. The lowest BCUT2D eigenvalue weighted by Gasteiger charge is -2.26. The Morgan fingerprint density at radius 3 is 3.07 bits per heavy atom. The molecule has 3 N–H and O–H groups in total. The van der Waals surface area contributed by atoms with Crippen LogP contribution in [-0.4, -0.2) is 18.8 Å². The van der Waals surface area contributed by atoms with E-state index >= 15 is 0 Å². The maximum Gasteiger partial charge on any atom is 0.0616 e. The summed E-state index contributed by atoms with van der Waals surface area (Å²) < 4.78 is 5.67. The molecule has 86 valence electrons. The lowest BCUT2D eigenvalue weighted by atomic mass is 9.88. The van der Waals surface area contributed by atoms with Gasteiger partial charge in [-0.2, -0.15) is 0 Å². The Morgan fingerprint density at radius 2 is 2.47 bits per heavy atom. The average molecular weight is 210 g/mol. The van der Waals surface area contributed by atoms with Gasteiger partial charge in [-0.15, -0.1) is 12.3 Å². The number of ether oxygens (including phenoxy) is 1. The van der Waals surface area contributed by atoms with Gasteiger partial charge in [0.2, 0.25) is 0 Å². The van der Waals surface area contributed by atoms with Gasteiger partial charge in [0.15, 0.2) is 0 Å². The van der Waals surface area contributed by atoms with Crippen molar-refractivity contribution in [2.24, 2.45) is 11.8 Å². The van der Waals surface area contributed by atoms with E-state index in [1.807, 2.05) is 0 Å². The summed E-state index contributed by atoms with van der Waals surface area (Å²) in [6, 6.07) is 0.353. The largest absolute Gasteiger partial charge is 0.378 e. The Labute approximate surface area is 92.7 Å². The second-order valence-electron chi connectivity index (χ2n) is 4.14. The molecule has 0 radical (unpaired) electrons. The van der Waals surface area contributed by atoms with Crippen molar-refractivity contribution in [1.82, 2.24) is 5.43 Å². The Balaban J connectivity index is 2.39. The van der Waals surface area contributed by atoms with E-state index in [1.54, 1.807) is 0 Å². The SMILES string of the molecule is C#CCCCC(NN)C1CCOC1CC. The third kappa shape index (κ3) is 3.49. The molecule has 1 fully saturated rings. The summed E-state index contributed by atoms with van der Waals surface area (Å²) in [5.41, 5.74) is 2.92. The summed E-state index contributed by atoms with van der Waals surface area (Å²) in [6.45, 7) is 3.04. The van der Waals surface area contributed by atoms with Crippen molar-refractivity contribution in [3.8, 4) is 12.3 Å². The van der Waals surface area contributed by atoms with Crippen molar-refractivity contribution >= 4 is 0 Å². The molecule has 0 aromatic carbocycles. The van der Waals surface area contributed by atoms with Crippen LogP contribution in [0.1, 0.15) is 39.0 Å². The van der Waals surface area contributed by atoms with E-state index < -0.39 is 0 Å². The predicted molar refractivity (Wildman–Crippen MR) is 61.9 cm³/mol. The molecule has 3 unspecified atom stereocenters. The minimum absolute atomic E-state index is 0.353. The summed E-state index contributed by atoms with van der Waals surface area (Å²) in [6.07, 6.45) is 10.7. The smallest absolute Gasteiger partial charge is 0.0616 e. The molecule has 1 aliphatic rings. The van der Waals surface area contributed by atoms with E-state index in [4.69, 9.17) is 17.0 Å². The fourth-order valence-electron chi connectivity index (χ4n) is 2.39. The minimum Gasteiger partial charge on any atom is -0.378 e. The fraction of sp³-hybridized carbons (Fsp3) is 0.833. The number of nitrogens with two attached hydrogens (primary N) is 1. The minimum atomic E-state index is 0.353. The fourth-order valence-corrected chi connectivity index (χ4v) is 2.39. The second-order valence-corrected chi connectivity index (χ2v) is 4.14. The van der Waals surface area contributed by atoms with Crippen molar-refractivity contribution < 1.29 is 4.74 Å². The first-order valence-electron chi connectivity index (χ1n) is 5.84. The molecule has 3 atom stereocenters. The molecule has 0 aromatic heterocycles. The molecule has 1 heterocycles. The van der Waals surface area contributed by atoms with Gasteiger partial charge < -0.3 is 4.74 Å². The first-order chi connectivity index (χ1) is 7.33. The Kier molecular flexibility index (Phi) is 5.70. The van der Waals surface area contributed by atoms with Crippen molar-refractivity contribution in [3.63, 3.8) is 0 Å². The van der Waals surface area contributed by atoms with E-state index in [9.17, 15) is 0 Å². The van der Waals surface area contributed by atoms with Gasteiger partial charge in [0.05, 0.1) is 6.10 Å². The lowest BCUT2D eigenvalue weighted by molar-refractivity contribution is 0.0762. The first kappa shape index (κ1) is 12.5. The average Bonchev–Trinajstić information content (AvgIpc) is 2.72. The molecular formula is C12H22N2O. The third-order valence-corrected chi connectivity index (χ3v) is 3.23. The Hall–Kier alpha value is -0.560. The zero-order valence-corrected chi connectivity index (χ0v) is 9.54. The topological polar surface area (TPSA) is 47.3 Å². The van der Waals surface area contributed by atoms with Gasteiger partial charge in [-0.3, -0.25) is 11.3 Å². The second kappa shape index (κ2) is 6.84. The highest BCUT2D eigenvalue weighted by Crippen LogP contribution is 2.28. The summed E-state index contributed by atoms with van der Waals surface area (Å²) in [4.78, 5) is 0. The zero-order valence-electron chi connectivity index (χ0n) is 9.54. The maximum absolute atomic E-state index is 5.67. The molecule has 3 nitrogen and oxygen atoms in total. The van der Waals surface area contributed by atoms with E-state index in [0.29, 0.717) is 18.1 Å². The van der Waals surface area contributed by atoms with Crippen LogP contribution in [0.5, 0.6) is 0 Å². The first-order valence-corrected chi connectivity index (χ1v) is 5.84. The van der Waals surface area contributed by atoms with Gasteiger partial charge in [0.1, 0.15) is 0 Å². The molecule has 0 aromatic rings. The van der Waals surface area contributed by atoms with Gasteiger partial charge in [-0.05, 0) is 25.7 Å². The van der Waals surface area contributed by atoms with Gasteiger partial charge in [-0.1, -0.05) is 6.92 Å². The van der Waals surface area contributed by atoms with E-state index in [1.165, 1.54) is 0 Å². The number of hydrazine groups is 1. The van der Waals surface area contributed by atoms with Crippen LogP contribution in [0, 0.1) is 18.3 Å². The molecule has 1 rings (SSSR count). The molecule has 0 bridgehead atoms. The lowest BCUT2D eigenvalue weighted by Crippen LogP contribution is -2.43. The highest BCUT2D eigenvalue weighted by atomic mass is 16.5. The molecule has 3 heteroatoms. The number of unbranched alkanes of at least 4 members (excludes halogenated alkanes) is 1. The van der Waals surface area contributed by atoms with Crippen LogP contribution in [0.3, 0.4) is 0 Å². The summed E-state index contributed by atoms with van der Waals surface area (Å²) in [5, 5.41) is 0. The van der Waals surface area contributed by atoms with E-state index in [2.05, 4.69) is 18.3 Å². The van der Waals surface area contributed by atoms with Crippen molar-refractivity contribution in [2.75, 3.05) is 6.61 Å². The number of terminal acetylenes is 1. The Morgan fingerprint density at radius 1 is 1.67 bits per heavy atom. The number of hydrogen-bond donors (Lipinski definition) is 2. The van der Waals surface area contributed by atoms with Crippen LogP contribution in [0.25, 0.3) is 0 Å². The molecule has 1 aliphatic heterocycles. The highest BCUT2D eigenvalue weighted by molar-refractivity contribution is 4.87. The predicted octanol–water partition coefficient (Wildman–Crippen LogP) is 1.44. The molecule has 0 aliphatic carbocycles. The molecule has 1 saturated heterocycles. The van der Waals surface area contributed by atoms with E-state index in [0.717, 1.165) is 38.7 Å². The van der Waals surface area contributed by atoms with Crippen LogP contribution >= 0.6 is 0 Å². The Bertz CT molecular complexity index is 212. The molecule has 0 saturated carbocycles. The summed E-state index contributed by atoms with van der Waals surface area (Å²) in [7, 11) is 0. The third-order valence-electron chi connectivity index (χ3n) is 3.23. The standard InChI is InChI=1S/C12H22N2O/c1-3-5-6-7-11(14-13)10-8-9-15-12(10)4-2/h1,10-12,14H,4-9,13H2,2H3. The molecule has 15 heavy (non-hydrogen) atoms. The monoisotopic (exact) mass is 210 g/mol. The number of nitrogens with one attached hydrogen (secondary N) is 1. The van der Waals surface area contributed by atoms with Crippen molar-refractivity contribution in [1.29, 1.82) is 0 Å². The number of rotatable bonds is 6. The van der Waals surface area contributed by atoms with Gasteiger partial charge in [0.25, 0.3) is 0 Å². The van der Waals surface area contributed by atoms with Gasteiger partial charge in [0, 0.05) is 25.0 Å². The van der Waals surface area contributed by atoms with Crippen LogP contribution in [0.2, 0.25) is 0 Å². The van der Waals surface area contributed by atoms with Crippen LogP contribution < -0.4 is 11.3 Å². The van der Waals surface area contributed by atoms with E-state index in [-0.39, 0.29) is 0 Å². The molecule has 0 spiro atoms. The van der Waals surface area contributed by atoms with Crippen LogP contribution in [-0.2, 0) is 4.74 Å². The van der Waals surface area contributed by atoms with Crippen molar-refractivity contribution in [3.05, 3.63) is 0 Å². The maximum atomic E-state index is 5.67. The zero-order chi connectivity index (χ0) is 11.1. The van der Waals surface area contributed by atoms with Crippen LogP contribution in [0.4, 0.5) is 0 Å². The molecular weight excluding hydrogens is 188 g/mol. The van der Waals surface area contributed by atoms with Crippen molar-refractivity contribution in [2.45, 2.75) is 51.2 Å². The van der Waals surface area contributed by atoms with Gasteiger partial charge >= 0.3 is 0 Å². The number of hydrogen-bond acceptors (Lipinski definition) is 3. The normalized spacial score (nSPS) is 27.5.